The van der Waals surface area contributed by atoms with Crippen LogP contribution in [0.5, 0.6) is 0 Å². The van der Waals surface area contributed by atoms with Crippen molar-refractivity contribution in [3.05, 3.63) is 77.9 Å². The van der Waals surface area contributed by atoms with E-state index < -0.39 is 0 Å². The van der Waals surface area contributed by atoms with Crippen LogP contribution in [-0.4, -0.2) is 20.6 Å². The molecule has 0 radical (unpaired) electrons. The summed E-state index contributed by atoms with van der Waals surface area (Å²) in [6.07, 6.45) is 11.9. The molecule has 34 heavy (non-hydrogen) atoms. The van der Waals surface area contributed by atoms with Gasteiger partial charge in [-0.05, 0) is 79.5 Å². The fraction of sp³-hybridized carbons (Fsp3) is 0.370. The van der Waals surface area contributed by atoms with E-state index in [1.54, 1.807) is 0 Å². The molecule has 0 spiro atoms. The number of hydrogen-bond donors (Lipinski definition) is 2. The highest BCUT2D eigenvalue weighted by atomic mass is 32.1. The number of amides is 1. The topological polar surface area (TPSA) is 62.2 Å². The maximum atomic E-state index is 11.9. The first-order valence-electron chi connectivity index (χ1n) is 12.1. The van der Waals surface area contributed by atoms with E-state index in [9.17, 15) is 4.79 Å². The van der Waals surface area contributed by atoms with Crippen LogP contribution in [0.2, 0.25) is 0 Å². The zero-order chi connectivity index (χ0) is 23.7. The largest absolute Gasteiger partial charge is 0.351 e. The molecule has 176 valence electrons. The molecular weight excluding hydrogens is 442 g/mol. The predicted molar refractivity (Wildman–Crippen MR) is 140 cm³/mol. The summed E-state index contributed by atoms with van der Waals surface area (Å²) < 4.78 is 2.38. The van der Waals surface area contributed by atoms with Crippen LogP contribution < -0.4 is 15.5 Å². The van der Waals surface area contributed by atoms with Crippen molar-refractivity contribution in [2.75, 3.05) is 10.2 Å². The number of rotatable bonds is 6. The molecule has 2 aliphatic rings. The molecule has 1 aliphatic heterocycles. The van der Waals surface area contributed by atoms with Crippen molar-refractivity contribution in [3.8, 4) is 0 Å². The van der Waals surface area contributed by atoms with Gasteiger partial charge < -0.3 is 20.1 Å². The molecule has 3 heterocycles. The Kier molecular flexibility index (Phi) is 6.37. The van der Waals surface area contributed by atoms with Crippen molar-refractivity contribution in [1.82, 2.24) is 14.9 Å². The van der Waals surface area contributed by atoms with Crippen molar-refractivity contribution in [3.63, 3.8) is 0 Å². The second kappa shape index (κ2) is 9.58. The SMILES string of the molecule is CCC(=O)Nc1ccc(N2C(=S)N[C@H](c3ccccn3)[C@@H]2c2ccn(C3CCCC3)c2)cc1C. The number of nitrogens with one attached hydrogen (secondary N) is 2. The number of carbonyl (C=O) groups is 1. The van der Waals surface area contributed by atoms with Gasteiger partial charge in [0.05, 0.1) is 17.8 Å². The minimum atomic E-state index is -0.0621. The molecule has 1 aliphatic carbocycles. The third-order valence-electron chi connectivity index (χ3n) is 7.01. The summed E-state index contributed by atoms with van der Waals surface area (Å²) in [5.74, 6) is 0.00977. The number of thiocarbonyl (C=S) groups is 1. The van der Waals surface area contributed by atoms with E-state index in [4.69, 9.17) is 12.2 Å². The first kappa shape index (κ1) is 22.6. The predicted octanol–water partition coefficient (Wildman–Crippen LogP) is 5.83. The molecule has 0 unspecified atom stereocenters. The number of pyridine rings is 1. The number of anilines is 2. The average Bonchev–Trinajstić information content (AvgIpc) is 3.60. The van der Waals surface area contributed by atoms with Crippen LogP contribution in [-0.2, 0) is 4.79 Å². The summed E-state index contributed by atoms with van der Waals surface area (Å²) in [7, 11) is 0. The molecule has 6 nitrogen and oxygen atoms in total. The van der Waals surface area contributed by atoms with Crippen molar-refractivity contribution >= 4 is 34.6 Å². The van der Waals surface area contributed by atoms with Gasteiger partial charge in [0.2, 0.25) is 5.91 Å². The lowest BCUT2D eigenvalue weighted by Crippen LogP contribution is -2.29. The third kappa shape index (κ3) is 4.32. The van der Waals surface area contributed by atoms with Crippen LogP contribution in [0, 0.1) is 6.92 Å². The van der Waals surface area contributed by atoms with Crippen molar-refractivity contribution in [2.24, 2.45) is 0 Å². The summed E-state index contributed by atoms with van der Waals surface area (Å²) in [6.45, 7) is 3.87. The molecule has 7 heteroatoms. The molecule has 1 saturated carbocycles. The molecule has 1 amide bonds. The van der Waals surface area contributed by atoms with Gasteiger partial charge in [-0.15, -0.1) is 0 Å². The van der Waals surface area contributed by atoms with Crippen LogP contribution in [0.4, 0.5) is 11.4 Å². The quantitative estimate of drug-likeness (QED) is 0.441. The Labute approximate surface area is 206 Å². The van der Waals surface area contributed by atoms with Gasteiger partial charge in [-0.25, -0.2) is 0 Å². The van der Waals surface area contributed by atoms with Gasteiger partial charge in [0.1, 0.15) is 0 Å². The van der Waals surface area contributed by atoms with Gasteiger partial charge in [0.15, 0.2) is 5.11 Å². The van der Waals surface area contributed by atoms with E-state index in [2.05, 4.69) is 55.7 Å². The standard InChI is InChI=1S/C27H31N5OS/c1-3-24(33)29-22-12-11-21(16-18(22)2)32-26(19-13-15-31(17-19)20-8-4-5-9-20)25(30-27(32)34)23-10-6-7-14-28-23/h6-7,10-17,20,25-26H,3-5,8-9H2,1-2H3,(H,29,33)(H,30,34)/t25-,26+/m1/s1. The molecule has 0 bridgehead atoms. The monoisotopic (exact) mass is 473 g/mol. The lowest BCUT2D eigenvalue weighted by Gasteiger charge is -2.28. The third-order valence-corrected chi connectivity index (χ3v) is 7.32. The van der Waals surface area contributed by atoms with Crippen LogP contribution in [0.1, 0.15) is 74.0 Å². The van der Waals surface area contributed by atoms with Gasteiger partial charge in [0, 0.05) is 42.4 Å². The molecule has 1 saturated heterocycles. The van der Waals surface area contributed by atoms with E-state index in [1.165, 1.54) is 31.2 Å². The summed E-state index contributed by atoms with van der Waals surface area (Å²) in [4.78, 5) is 18.8. The first-order chi connectivity index (χ1) is 16.5. The number of hydrogen-bond acceptors (Lipinski definition) is 3. The van der Waals surface area contributed by atoms with E-state index >= 15 is 0 Å². The first-order valence-corrected chi connectivity index (χ1v) is 12.5. The normalized spacial score (nSPS) is 20.5. The maximum absolute atomic E-state index is 11.9. The molecule has 3 aromatic rings. The highest BCUT2D eigenvalue weighted by molar-refractivity contribution is 7.80. The number of carbonyl (C=O) groups excluding carboxylic acids is 1. The zero-order valence-corrected chi connectivity index (χ0v) is 20.5. The lowest BCUT2D eigenvalue weighted by molar-refractivity contribution is -0.115. The highest BCUT2D eigenvalue weighted by Crippen LogP contribution is 2.43. The van der Waals surface area contributed by atoms with Crippen LogP contribution >= 0.6 is 12.2 Å². The minimum Gasteiger partial charge on any atom is -0.351 e. The van der Waals surface area contributed by atoms with Crippen molar-refractivity contribution < 1.29 is 4.79 Å². The van der Waals surface area contributed by atoms with Gasteiger partial charge >= 0.3 is 0 Å². The van der Waals surface area contributed by atoms with Crippen LogP contribution in [0.3, 0.4) is 0 Å². The van der Waals surface area contributed by atoms with E-state index in [0.717, 1.165) is 22.6 Å². The molecule has 2 aromatic heterocycles. The lowest BCUT2D eigenvalue weighted by atomic mass is 9.98. The number of nitrogens with zero attached hydrogens (tertiary/aromatic N) is 3. The fourth-order valence-electron chi connectivity index (χ4n) is 5.18. The van der Waals surface area contributed by atoms with Gasteiger partial charge in [-0.3, -0.25) is 9.78 Å². The minimum absolute atomic E-state index is 0.00977. The second-order valence-corrected chi connectivity index (χ2v) is 9.61. The van der Waals surface area contributed by atoms with Crippen molar-refractivity contribution in [2.45, 2.75) is 64.1 Å². The molecule has 5 rings (SSSR count). The summed E-state index contributed by atoms with van der Waals surface area (Å²) in [5, 5.41) is 7.20. The summed E-state index contributed by atoms with van der Waals surface area (Å²) in [5.41, 5.74) is 5.02. The highest BCUT2D eigenvalue weighted by Gasteiger charge is 2.41. The van der Waals surface area contributed by atoms with Crippen molar-refractivity contribution in [1.29, 1.82) is 0 Å². The second-order valence-electron chi connectivity index (χ2n) is 9.23. The van der Waals surface area contributed by atoms with E-state index in [0.29, 0.717) is 17.6 Å². The van der Waals surface area contributed by atoms with Crippen LogP contribution in [0.25, 0.3) is 0 Å². The zero-order valence-electron chi connectivity index (χ0n) is 19.7. The summed E-state index contributed by atoms with van der Waals surface area (Å²) >= 11 is 5.87. The Morgan fingerprint density at radius 3 is 2.74 bits per heavy atom. The molecule has 2 atom stereocenters. The molecule has 2 fully saturated rings. The molecular formula is C27H31N5OS. The molecule has 2 N–H and O–H groups in total. The number of aromatic nitrogens is 2. The number of benzene rings is 1. The smallest absolute Gasteiger partial charge is 0.224 e. The van der Waals surface area contributed by atoms with Gasteiger partial charge in [-0.2, -0.15) is 0 Å². The van der Waals surface area contributed by atoms with Gasteiger partial charge in [-0.1, -0.05) is 25.8 Å². The van der Waals surface area contributed by atoms with Crippen LogP contribution in [0.15, 0.2) is 61.1 Å². The fourth-order valence-corrected chi connectivity index (χ4v) is 5.53. The summed E-state index contributed by atoms with van der Waals surface area (Å²) in [6, 6.07) is 14.8. The maximum Gasteiger partial charge on any atom is 0.224 e. The van der Waals surface area contributed by atoms with E-state index in [-0.39, 0.29) is 18.0 Å². The Morgan fingerprint density at radius 2 is 2.03 bits per heavy atom. The average molecular weight is 474 g/mol. The Morgan fingerprint density at radius 1 is 1.21 bits per heavy atom. The Bertz CT molecular complexity index is 1180. The Balaban J connectivity index is 1.53. The van der Waals surface area contributed by atoms with E-state index in [1.807, 2.05) is 44.3 Å². The Hall–Kier alpha value is -3.19. The van der Waals surface area contributed by atoms with Gasteiger partial charge in [0.25, 0.3) is 0 Å². The number of aryl methyl sites for hydroxylation is 1. The molecule has 1 aromatic carbocycles.